The van der Waals surface area contributed by atoms with Crippen molar-refractivity contribution in [3.63, 3.8) is 0 Å². The Labute approximate surface area is 128 Å². The van der Waals surface area contributed by atoms with Crippen LogP contribution in [0.2, 0.25) is 0 Å². The van der Waals surface area contributed by atoms with E-state index in [1.807, 2.05) is 24.3 Å². The lowest BCUT2D eigenvalue weighted by atomic mass is 9.48. The Kier molecular flexibility index (Phi) is 3.69. The number of ketones is 1. The van der Waals surface area contributed by atoms with Crippen molar-refractivity contribution in [2.75, 3.05) is 0 Å². The standard InChI is InChI=1S/C17H12N4O/c1-12-15(22)7-14(13-5-3-2-4-6-13)17(10-20,11-21)16(12,8-18)9-19/h2-6,12,14H,7H2,1H3. The van der Waals surface area contributed by atoms with Crippen molar-refractivity contribution in [2.45, 2.75) is 19.3 Å². The number of benzene rings is 1. The summed E-state index contributed by atoms with van der Waals surface area (Å²) in [5, 5.41) is 38.5. The molecule has 1 saturated carbocycles. The van der Waals surface area contributed by atoms with E-state index in [4.69, 9.17) is 0 Å². The Bertz CT molecular complexity index is 742. The van der Waals surface area contributed by atoms with Crippen molar-refractivity contribution in [1.29, 1.82) is 21.0 Å². The highest BCUT2D eigenvalue weighted by atomic mass is 16.1. The van der Waals surface area contributed by atoms with Gasteiger partial charge in [0, 0.05) is 18.3 Å². The normalized spacial score (nSPS) is 25.0. The maximum Gasteiger partial charge on any atom is 0.185 e. The third-order valence-corrected chi connectivity index (χ3v) is 4.59. The first-order valence-corrected chi connectivity index (χ1v) is 6.75. The van der Waals surface area contributed by atoms with E-state index < -0.39 is 22.7 Å². The Balaban J connectivity index is 2.80. The van der Waals surface area contributed by atoms with Gasteiger partial charge in [0.15, 0.2) is 10.8 Å². The van der Waals surface area contributed by atoms with Crippen molar-refractivity contribution in [3.05, 3.63) is 35.9 Å². The zero-order valence-electron chi connectivity index (χ0n) is 11.9. The topological polar surface area (TPSA) is 112 Å². The summed E-state index contributed by atoms with van der Waals surface area (Å²) in [7, 11) is 0. The smallest absolute Gasteiger partial charge is 0.185 e. The van der Waals surface area contributed by atoms with Crippen molar-refractivity contribution in [1.82, 2.24) is 0 Å². The van der Waals surface area contributed by atoms with Crippen LogP contribution >= 0.6 is 0 Å². The lowest BCUT2D eigenvalue weighted by molar-refractivity contribution is -0.130. The molecule has 5 nitrogen and oxygen atoms in total. The van der Waals surface area contributed by atoms with Crippen LogP contribution in [0.1, 0.15) is 24.8 Å². The van der Waals surface area contributed by atoms with Crippen molar-refractivity contribution in [2.24, 2.45) is 16.7 Å². The summed E-state index contributed by atoms with van der Waals surface area (Å²) in [5.74, 6) is -2.06. The molecule has 0 aromatic heterocycles. The van der Waals surface area contributed by atoms with Crippen LogP contribution in [0.25, 0.3) is 0 Å². The zero-order chi connectivity index (χ0) is 16.4. The van der Waals surface area contributed by atoms with Gasteiger partial charge in [-0.3, -0.25) is 4.79 Å². The monoisotopic (exact) mass is 288 g/mol. The fraction of sp³-hybridized carbons (Fsp3) is 0.353. The highest BCUT2D eigenvalue weighted by molar-refractivity contribution is 5.86. The molecule has 2 atom stereocenters. The van der Waals surface area contributed by atoms with Gasteiger partial charge in [-0.05, 0) is 5.56 Å². The molecule has 1 aromatic carbocycles. The largest absolute Gasteiger partial charge is 0.299 e. The second-order valence-electron chi connectivity index (χ2n) is 5.42. The van der Waals surface area contributed by atoms with E-state index in [2.05, 4.69) is 0 Å². The molecule has 2 rings (SSSR count). The summed E-state index contributed by atoms with van der Waals surface area (Å²) < 4.78 is 0. The molecule has 1 aliphatic rings. The fourth-order valence-corrected chi connectivity index (χ4v) is 3.19. The number of rotatable bonds is 1. The third kappa shape index (κ3) is 1.70. The van der Waals surface area contributed by atoms with Crippen molar-refractivity contribution < 1.29 is 4.79 Å². The van der Waals surface area contributed by atoms with Gasteiger partial charge in [-0.25, -0.2) is 0 Å². The summed E-state index contributed by atoms with van der Waals surface area (Å²) >= 11 is 0. The molecule has 0 amide bonds. The van der Waals surface area contributed by atoms with Gasteiger partial charge in [-0.15, -0.1) is 0 Å². The minimum atomic E-state index is -1.98. The fourth-order valence-electron chi connectivity index (χ4n) is 3.19. The van der Waals surface area contributed by atoms with Crippen LogP contribution in [-0.2, 0) is 4.79 Å². The van der Waals surface area contributed by atoms with Gasteiger partial charge in [0.05, 0.1) is 24.3 Å². The number of carbonyl (C=O) groups excluding carboxylic acids is 1. The molecular weight excluding hydrogens is 276 g/mol. The summed E-state index contributed by atoms with van der Waals surface area (Å²) in [5.41, 5.74) is -3.25. The van der Waals surface area contributed by atoms with Crippen LogP contribution in [0.4, 0.5) is 0 Å². The quantitative estimate of drug-likeness (QED) is 0.787. The molecule has 5 heteroatoms. The van der Waals surface area contributed by atoms with Crippen molar-refractivity contribution >= 4 is 5.78 Å². The van der Waals surface area contributed by atoms with Gasteiger partial charge in [0.25, 0.3) is 0 Å². The Morgan fingerprint density at radius 3 is 1.91 bits per heavy atom. The molecule has 0 bridgehead atoms. The predicted octanol–water partition coefficient (Wildman–Crippen LogP) is 2.45. The summed E-state index contributed by atoms with van der Waals surface area (Å²) in [6, 6.07) is 16.1. The van der Waals surface area contributed by atoms with E-state index in [-0.39, 0.29) is 12.2 Å². The van der Waals surface area contributed by atoms with Gasteiger partial charge in [-0.1, -0.05) is 37.3 Å². The van der Waals surface area contributed by atoms with E-state index in [9.17, 15) is 25.8 Å². The van der Waals surface area contributed by atoms with Gasteiger partial charge < -0.3 is 0 Å². The number of nitrogens with zero attached hydrogens (tertiary/aromatic N) is 4. The molecule has 0 saturated heterocycles. The van der Waals surface area contributed by atoms with Crippen LogP contribution < -0.4 is 0 Å². The predicted molar refractivity (Wildman–Crippen MR) is 75.3 cm³/mol. The molecule has 1 aromatic rings. The van der Waals surface area contributed by atoms with Crippen LogP contribution in [-0.4, -0.2) is 5.78 Å². The maximum atomic E-state index is 12.3. The van der Waals surface area contributed by atoms with E-state index >= 15 is 0 Å². The zero-order valence-corrected chi connectivity index (χ0v) is 11.9. The molecular formula is C17H12N4O. The molecule has 0 aliphatic heterocycles. The average Bonchev–Trinajstić information content (AvgIpc) is 2.58. The second-order valence-corrected chi connectivity index (χ2v) is 5.42. The summed E-state index contributed by atoms with van der Waals surface area (Å²) in [6.45, 7) is 1.44. The van der Waals surface area contributed by atoms with Crippen LogP contribution in [0, 0.1) is 62.1 Å². The van der Waals surface area contributed by atoms with Gasteiger partial charge in [0.2, 0.25) is 0 Å². The molecule has 1 aliphatic carbocycles. The first-order chi connectivity index (χ1) is 10.5. The molecule has 1 fully saturated rings. The molecule has 0 N–H and O–H groups in total. The van der Waals surface area contributed by atoms with E-state index in [1.54, 1.807) is 30.3 Å². The average molecular weight is 288 g/mol. The third-order valence-electron chi connectivity index (χ3n) is 4.59. The molecule has 0 heterocycles. The van der Waals surface area contributed by atoms with Gasteiger partial charge in [0.1, 0.15) is 5.78 Å². The first-order valence-electron chi connectivity index (χ1n) is 6.75. The Morgan fingerprint density at radius 1 is 0.955 bits per heavy atom. The Hall–Kier alpha value is -3.15. The van der Waals surface area contributed by atoms with Crippen molar-refractivity contribution in [3.8, 4) is 24.3 Å². The summed E-state index contributed by atoms with van der Waals surface area (Å²) in [4.78, 5) is 12.3. The number of carbonyl (C=O) groups is 1. The molecule has 0 radical (unpaired) electrons. The number of nitriles is 4. The van der Waals surface area contributed by atoms with E-state index in [0.717, 1.165) is 0 Å². The molecule has 106 valence electrons. The number of Topliss-reactive ketones (excluding diaryl/α,β-unsaturated/α-hetero) is 1. The summed E-state index contributed by atoms with van der Waals surface area (Å²) in [6.07, 6.45) is -0.0303. The minimum absolute atomic E-state index is 0.0303. The van der Waals surface area contributed by atoms with Crippen LogP contribution in [0.3, 0.4) is 0 Å². The molecule has 22 heavy (non-hydrogen) atoms. The SMILES string of the molecule is CC1C(=O)CC(c2ccccc2)C(C#N)(C#N)C1(C#N)C#N. The molecule has 2 unspecified atom stereocenters. The first kappa shape index (κ1) is 15.2. The lowest BCUT2D eigenvalue weighted by Gasteiger charge is -2.44. The minimum Gasteiger partial charge on any atom is -0.299 e. The highest BCUT2D eigenvalue weighted by Gasteiger charge is 2.66. The van der Waals surface area contributed by atoms with E-state index in [1.165, 1.54) is 6.92 Å². The second kappa shape index (κ2) is 5.33. The van der Waals surface area contributed by atoms with Gasteiger partial charge >= 0.3 is 0 Å². The molecule has 0 spiro atoms. The lowest BCUT2D eigenvalue weighted by Crippen LogP contribution is -2.53. The maximum absolute atomic E-state index is 12.3. The van der Waals surface area contributed by atoms with Crippen LogP contribution in [0.15, 0.2) is 30.3 Å². The number of hydrogen-bond acceptors (Lipinski definition) is 5. The Morgan fingerprint density at radius 2 is 1.45 bits per heavy atom. The number of hydrogen-bond donors (Lipinski definition) is 0. The van der Waals surface area contributed by atoms with Gasteiger partial charge in [-0.2, -0.15) is 21.0 Å². The van der Waals surface area contributed by atoms with E-state index in [0.29, 0.717) is 5.56 Å². The highest BCUT2D eigenvalue weighted by Crippen LogP contribution is 2.57. The van der Waals surface area contributed by atoms with Crippen LogP contribution in [0.5, 0.6) is 0 Å².